The summed E-state index contributed by atoms with van der Waals surface area (Å²) < 4.78 is 12.6. The number of pyridine rings is 1. The minimum absolute atomic E-state index is 0.0589. The quantitative estimate of drug-likeness (QED) is 0.640. The number of hydrogen-bond acceptors (Lipinski definition) is 6. The Hall–Kier alpha value is -3.46. The second kappa shape index (κ2) is 7.51. The number of ether oxygens (including phenoxy) is 2. The Morgan fingerprint density at radius 2 is 2.24 bits per heavy atom. The maximum absolute atomic E-state index is 13.0. The van der Waals surface area contributed by atoms with Gasteiger partial charge in [-0.15, -0.1) is 0 Å². The first-order valence-corrected chi connectivity index (χ1v) is 9.17. The van der Waals surface area contributed by atoms with Crippen LogP contribution >= 0.6 is 0 Å². The van der Waals surface area contributed by atoms with Gasteiger partial charge in [0.2, 0.25) is 5.91 Å². The van der Waals surface area contributed by atoms with Gasteiger partial charge in [0.1, 0.15) is 23.6 Å². The number of benzene rings is 1. The van der Waals surface area contributed by atoms with E-state index in [0.717, 1.165) is 5.56 Å². The first-order valence-electron chi connectivity index (χ1n) is 9.17. The lowest BCUT2D eigenvalue weighted by atomic mass is 9.97. The fraction of sp³-hybridized carbons (Fsp3) is 0.300. The Labute approximate surface area is 166 Å². The number of nitrogens with one attached hydrogen (secondary N) is 1. The smallest absolute Gasteiger partial charge is 0.271 e. The average molecular weight is 395 g/mol. The van der Waals surface area contributed by atoms with Crippen LogP contribution in [0.25, 0.3) is 10.9 Å². The number of nitrogens with two attached hydrogens (primary N) is 1. The summed E-state index contributed by atoms with van der Waals surface area (Å²) in [5.74, 6) is -0.462. The normalized spacial score (nSPS) is 18.7. The zero-order valence-corrected chi connectivity index (χ0v) is 15.9. The van der Waals surface area contributed by atoms with Crippen molar-refractivity contribution < 1.29 is 19.1 Å². The van der Waals surface area contributed by atoms with Crippen molar-refractivity contribution in [3.8, 4) is 5.75 Å². The van der Waals surface area contributed by atoms with E-state index in [0.29, 0.717) is 42.0 Å². The molecule has 2 amide bonds. The van der Waals surface area contributed by atoms with Crippen molar-refractivity contribution >= 4 is 22.7 Å². The van der Waals surface area contributed by atoms with Crippen molar-refractivity contribution in [3.05, 3.63) is 54.0 Å². The van der Waals surface area contributed by atoms with Crippen LogP contribution in [0.1, 0.15) is 22.5 Å². The highest BCUT2D eigenvalue weighted by atomic mass is 16.5. The predicted octanol–water partition coefficient (Wildman–Crippen LogP) is 0.921. The minimum atomic E-state index is -1.21. The van der Waals surface area contributed by atoms with Gasteiger partial charge in [-0.3, -0.25) is 19.3 Å². The van der Waals surface area contributed by atoms with Crippen molar-refractivity contribution in [3.63, 3.8) is 0 Å². The number of carbonyl (C=O) groups is 2. The SMILES string of the molecule is Cn1nc2ccc(OCc3cccnc3)cc2c1C(=O)NC1(C(N)=O)CCOC1. The number of nitrogens with zero attached hydrogens (tertiary/aromatic N) is 3. The van der Waals surface area contributed by atoms with E-state index in [1.54, 1.807) is 37.6 Å². The molecule has 1 unspecified atom stereocenters. The second-order valence-electron chi connectivity index (χ2n) is 7.00. The van der Waals surface area contributed by atoms with Crippen LogP contribution in [0.2, 0.25) is 0 Å². The van der Waals surface area contributed by atoms with Crippen molar-refractivity contribution in [1.29, 1.82) is 0 Å². The van der Waals surface area contributed by atoms with Gasteiger partial charge >= 0.3 is 0 Å². The lowest BCUT2D eigenvalue weighted by Crippen LogP contribution is -2.58. The number of hydrogen-bond donors (Lipinski definition) is 2. The highest BCUT2D eigenvalue weighted by molar-refractivity contribution is 6.07. The summed E-state index contributed by atoms with van der Waals surface area (Å²) in [7, 11) is 1.67. The first-order chi connectivity index (χ1) is 14.0. The molecule has 2 aromatic heterocycles. The van der Waals surface area contributed by atoms with Gasteiger partial charge in [0, 0.05) is 43.4 Å². The Balaban J connectivity index is 1.61. The maximum atomic E-state index is 13.0. The van der Waals surface area contributed by atoms with Crippen LogP contribution < -0.4 is 15.8 Å². The molecule has 3 N–H and O–H groups in total. The zero-order chi connectivity index (χ0) is 20.4. The van der Waals surface area contributed by atoms with E-state index in [2.05, 4.69) is 15.4 Å². The molecule has 0 bridgehead atoms. The second-order valence-corrected chi connectivity index (χ2v) is 7.00. The summed E-state index contributed by atoms with van der Waals surface area (Å²) in [6, 6.07) is 9.10. The van der Waals surface area contributed by atoms with Gasteiger partial charge in [0.15, 0.2) is 0 Å². The number of aromatic nitrogens is 3. The summed E-state index contributed by atoms with van der Waals surface area (Å²) in [6.07, 6.45) is 3.77. The van der Waals surface area contributed by atoms with E-state index in [9.17, 15) is 9.59 Å². The Kier molecular flexibility index (Phi) is 4.89. The molecule has 9 heteroatoms. The third-order valence-electron chi connectivity index (χ3n) is 4.99. The van der Waals surface area contributed by atoms with E-state index in [1.807, 2.05) is 12.1 Å². The van der Waals surface area contributed by atoms with E-state index in [4.69, 9.17) is 15.2 Å². The van der Waals surface area contributed by atoms with E-state index >= 15 is 0 Å². The lowest BCUT2D eigenvalue weighted by molar-refractivity contribution is -0.124. The van der Waals surface area contributed by atoms with Gasteiger partial charge in [-0.2, -0.15) is 5.10 Å². The molecule has 1 atom stereocenters. The summed E-state index contributed by atoms with van der Waals surface area (Å²) >= 11 is 0. The van der Waals surface area contributed by atoms with Crippen LogP contribution in [0, 0.1) is 0 Å². The summed E-state index contributed by atoms with van der Waals surface area (Å²) in [6.45, 7) is 0.772. The molecule has 3 heterocycles. The van der Waals surface area contributed by atoms with Gasteiger partial charge in [0.05, 0.1) is 12.1 Å². The van der Waals surface area contributed by atoms with Crippen molar-refractivity contribution in [1.82, 2.24) is 20.1 Å². The van der Waals surface area contributed by atoms with Crippen LogP contribution in [0.5, 0.6) is 5.75 Å². The van der Waals surface area contributed by atoms with Crippen LogP contribution in [0.3, 0.4) is 0 Å². The van der Waals surface area contributed by atoms with Gasteiger partial charge in [-0.05, 0) is 24.3 Å². The highest BCUT2D eigenvalue weighted by Gasteiger charge is 2.43. The third kappa shape index (κ3) is 3.64. The maximum Gasteiger partial charge on any atom is 0.271 e. The zero-order valence-electron chi connectivity index (χ0n) is 15.9. The molecule has 0 spiro atoms. The van der Waals surface area contributed by atoms with Gasteiger partial charge in [-0.25, -0.2) is 0 Å². The number of rotatable bonds is 6. The molecule has 0 radical (unpaired) electrons. The molecule has 3 aromatic rings. The fourth-order valence-electron chi connectivity index (χ4n) is 3.38. The molecule has 0 saturated carbocycles. The monoisotopic (exact) mass is 395 g/mol. The summed E-state index contributed by atoms with van der Waals surface area (Å²) in [4.78, 5) is 29.0. The highest BCUT2D eigenvalue weighted by Crippen LogP contribution is 2.26. The van der Waals surface area contributed by atoms with Crippen LogP contribution in [-0.2, 0) is 23.2 Å². The molecule has 1 saturated heterocycles. The van der Waals surface area contributed by atoms with Crippen molar-refractivity contribution in [2.24, 2.45) is 12.8 Å². The van der Waals surface area contributed by atoms with E-state index in [-0.39, 0.29) is 6.61 Å². The molecule has 1 aliphatic rings. The molecule has 150 valence electrons. The molecule has 1 aromatic carbocycles. The van der Waals surface area contributed by atoms with Crippen molar-refractivity contribution in [2.45, 2.75) is 18.6 Å². The molecule has 29 heavy (non-hydrogen) atoms. The van der Waals surface area contributed by atoms with Gasteiger partial charge in [-0.1, -0.05) is 6.07 Å². The Morgan fingerprint density at radius 3 is 2.93 bits per heavy atom. The summed E-state index contributed by atoms with van der Waals surface area (Å²) in [5, 5.41) is 7.75. The van der Waals surface area contributed by atoms with Gasteiger partial charge < -0.3 is 20.5 Å². The van der Waals surface area contributed by atoms with Crippen molar-refractivity contribution in [2.75, 3.05) is 13.2 Å². The fourth-order valence-corrected chi connectivity index (χ4v) is 3.38. The number of amides is 2. The molecule has 4 rings (SSSR count). The van der Waals surface area contributed by atoms with Crippen LogP contribution in [0.15, 0.2) is 42.7 Å². The van der Waals surface area contributed by atoms with E-state index < -0.39 is 17.4 Å². The number of aryl methyl sites for hydroxylation is 1. The lowest BCUT2D eigenvalue weighted by Gasteiger charge is -2.24. The average Bonchev–Trinajstić information content (AvgIpc) is 3.31. The number of fused-ring (bicyclic) bond motifs is 1. The summed E-state index contributed by atoms with van der Waals surface area (Å²) in [5.41, 5.74) is 6.21. The Bertz CT molecular complexity index is 1060. The third-order valence-corrected chi connectivity index (χ3v) is 4.99. The minimum Gasteiger partial charge on any atom is -0.489 e. The van der Waals surface area contributed by atoms with Gasteiger partial charge in [0.25, 0.3) is 5.91 Å². The Morgan fingerprint density at radius 1 is 1.38 bits per heavy atom. The number of carbonyl (C=O) groups excluding carboxylic acids is 2. The molecule has 0 aliphatic carbocycles. The predicted molar refractivity (Wildman–Crippen MR) is 104 cm³/mol. The molecule has 9 nitrogen and oxygen atoms in total. The molecular weight excluding hydrogens is 374 g/mol. The molecule has 1 fully saturated rings. The van der Waals surface area contributed by atoms with Crippen LogP contribution in [-0.4, -0.2) is 45.3 Å². The molecule has 1 aliphatic heterocycles. The molecular formula is C20H21N5O4. The largest absolute Gasteiger partial charge is 0.489 e. The topological polar surface area (TPSA) is 121 Å². The number of primary amides is 1. The van der Waals surface area contributed by atoms with E-state index in [1.165, 1.54) is 4.68 Å². The van der Waals surface area contributed by atoms with Crippen LogP contribution in [0.4, 0.5) is 0 Å². The standard InChI is InChI=1S/C20H21N5O4/c1-25-17(18(26)23-20(19(21)27)6-8-28-12-20)15-9-14(4-5-16(15)24-25)29-11-13-3-2-7-22-10-13/h2-5,7,9-10H,6,8,11-12H2,1H3,(H2,21,27)(H,23,26). The first kappa shape index (κ1) is 18.9.